The lowest BCUT2D eigenvalue weighted by Gasteiger charge is -2.07. The maximum absolute atomic E-state index is 12.5. The van der Waals surface area contributed by atoms with E-state index < -0.39 is 6.43 Å². The second-order valence-corrected chi connectivity index (χ2v) is 2.62. The van der Waals surface area contributed by atoms with Crippen molar-refractivity contribution in [2.24, 2.45) is 0 Å². The van der Waals surface area contributed by atoms with E-state index >= 15 is 0 Å². The molecule has 1 aromatic rings. The first kappa shape index (κ1) is 9.59. The topological polar surface area (TPSA) is 36.7 Å². The van der Waals surface area contributed by atoms with Gasteiger partial charge >= 0.3 is 0 Å². The number of nitrogens with zero attached hydrogens (tertiary/aromatic N) is 2. The van der Waals surface area contributed by atoms with Gasteiger partial charge in [0.1, 0.15) is 0 Å². The Morgan fingerprint density at radius 3 is 2.85 bits per heavy atom. The molecule has 1 rings (SSSR count). The fourth-order valence-corrected chi connectivity index (χ4v) is 1.14. The molecule has 0 unspecified atom stereocenters. The lowest BCUT2D eigenvalue weighted by Crippen LogP contribution is -2.00. The molecule has 0 aliphatic carbocycles. The normalized spacial score (nSPS) is 10.1. The molecule has 0 bridgehead atoms. The van der Waals surface area contributed by atoms with Crippen LogP contribution in [0.5, 0.6) is 0 Å². The minimum atomic E-state index is -2.56. The number of hydrogen-bond acceptors (Lipinski definition) is 2. The fourth-order valence-electron chi connectivity index (χ4n) is 1.14. The van der Waals surface area contributed by atoms with Crippen LogP contribution < -0.4 is 0 Å². The van der Waals surface area contributed by atoms with Crippen LogP contribution in [0.4, 0.5) is 8.78 Å². The van der Waals surface area contributed by atoms with Crippen LogP contribution in [0.3, 0.4) is 0 Å². The van der Waals surface area contributed by atoms with Gasteiger partial charge in [0.05, 0.1) is 18.2 Å². The van der Waals surface area contributed by atoms with E-state index in [9.17, 15) is 8.78 Å². The third-order valence-corrected chi connectivity index (χ3v) is 1.76. The van der Waals surface area contributed by atoms with Crippen LogP contribution in [0.25, 0.3) is 0 Å². The molecular formula is C9H8F2N2. The molecule has 0 aromatic carbocycles. The minimum absolute atomic E-state index is 0.0681. The fraction of sp³-hybridized carbons (Fsp3) is 0.333. The van der Waals surface area contributed by atoms with Gasteiger partial charge in [-0.1, -0.05) is 0 Å². The van der Waals surface area contributed by atoms with Crippen molar-refractivity contribution in [3.63, 3.8) is 0 Å². The highest BCUT2D eigenvalue weighted by atomic mass is 19.3. The molecule has 0 aliphatic rings. The Morgan fingerprint density at radius 2 is 2.31 bits per heavy atom. The lowest BCUT2D eigenvalue weighted by atomic mass is 10.1. The van der Waals surface area contributed by atoms with Crippen molar-refractivity contribution in [3.8, 4) is 6.07 Å². The zero-order valence-corrected chi connectivity index (χ0v) is 7.09. The van der Waals surface area contributed by atoms with Crippen LogP contribution in [0.15, 0.2) is 12.3 Å². The largest absolute Gasteiger partial charge is 0.265 e. The van der Waals surface area contributed by atoms with Gasteiger partial charge in [-0.2, -0.15) is 5.26 Å². The monoisotopic (exact) mass is 182 g/mol. The molecule has 0 saturated heterocycles. The third kappa shape index (κ3) is 2.00. The first-order valence-electron chi connectivity index (χ1n) is 3.76. The number of rotatable bonds is 2. The standard InChI is InChI=1S/C9H8F2N2/c1-6-3-5-13-7(2-4-12)8(6)9(10)11/h3,5,9H,2H2,1H3. The lowest BCUT2D eigenvalue weighted by molar-refractivity contribution is 0.149. The predicted molar refractivity (Wildman–Crippen MR) is 43.2 cm³/mol. The van der Waals surface area contributed by atoms with Crippen molar-refractivity contribution < 1.29 is 8.78 Å². The first-order chi connectivity index (χ1) is 6.16. The first-order valence-corrected chi connectivity index (χ1v) is 3.76. The Labute approximate surface area is 74.8 Å². The Kier molecular flexibility index (Phi) is 2.91. The molecule has 0 N–H and O–H groups in total. The molecule has 0 aliphatic heterocycles. The van der Waals surface area contributed by atoms with Crippen molar-refractivity contribution >= 4 is 0 Å². The number of pyridine rings is 1. The highest BCUT2D eigenvalue weighted by Gasteiger charge is 2.15. The SMILES string of the molecule is Cc1ccnc(CC#N)c1C(F)F. The molecule has 0 spiro atoms. The molecule has 0 atom stereocenters. The molecule has 1 heterocycles. The van der Waals surface area contributed by atoms with Crippen LogP contribution in [-0.4, -0.2) is 4.98 Å². The molecular weight excluding hydrogens is 174 g/mol. The molecule has 0 saturated carbocycles. The summed E-state index contributed by atoms with van der Waals surface area (Å²) in [6.45, 7) is 1.59. The van der Waals surface area contributed by atoms with Crippen molar-refractivity contribution in [1.29, 1.82) is 5.26 Å². The number of nitriles is 1. The van der Waals surface area contributed by atoms with Crippen molar-refractivity contribution in [3.05, 3.63) is 29.1 Å². The Bertz CT molecular complexity index is 342. The minimum Gasteiger partial charge on any atom is -0.260 e. The summed E-state index contributed by atoms with van der Waals surface area (Å²) in [5.41, 5.74) is 0.553. The van der Waals surface area contributed by atoms with Gasteiger partial charge in [0.15, 0.2) is 0 Å². The Hall–Kier alpha value is -1.50. The van der Waals surface area contributed by atoms with Crippen LogP contribution in [-0.2, 0) is 6.42 Å². The van der Waals surface area contributed by atoms with Crippen molar-refractivity contribution in [1.82, 2.24) is 4.98 Å². The summed E-state index contributed by atoms with van der Waals surface area (Å²) in [6.07, 6.45) is -1.19. The summed E-state index contributed by atoms with van der Waals surface area (Å²) in [5, 5.41) is 8.38. The molecule has 2 nitrogen and oxygen atoms in total. The van der Waals surface area contributed by atoms with Gasteiger partial charge in [-0.05, 0) is 18.6 Å². The van der Waals surface area contributed by atoms with Crippen LogP contribution in [0, 0.1) is 18.3 Å². The zero-order chi connectivity index (χ0) is 9.84. The van der Waals surface area contributed by atoms with E-state index in [1.165, 1.54) is 12.3 Å². The number of aromatic nitrogens is 1. The summed E-state index contributed by atoms with van der Waals surface area (Å²) >= 11 is 0. The molecule has 1 aromatic heterocycles. The highest BCUT2D eigenvalue weighted by Crippen LogP contribution is 2.24. The smallest absolute Gasteiger partial charge is 0.260 e. The quantitative estimate of drug-likeness (QED) is 0.704. The van der Waals surface area contributed by atoms with Gasteiger partial charge < -0.3 is 0 Å². The van der Waals surface area contributed by atoms with E-state index in [-0.39, 0.29) is 17.7 Å². The van der Waals surface area contributed by atoms with Crippen LogP contribution >= 0.6 is 0 Å². The molecule has 0 amide bonds. The highest BCUT2D eigenvalue weighted by molar-refractivity contribution is 5.31. The predicted octanol–water partition coefficient (Wildman–Crippen LogP) is 2.39. The summed E-state index contributed by atoms with van der Waals surface area (Å²) < 4.78 is 24.9. The van der Waals surface area contributed by atoms with Gasteiger partial charge in [-0.3, -0.25) is 4.98 Å². The second-order valence-electron chi connectivity index (χ2n) is 2.62. The summed E-state index contributed by atoms with van der Waals surface area (Å²) in [6, 6.07) is 3.33. The maximum atomic E-state index is 12.5. The van der Waals surface area contributed by atoms with E-state index in [0.717, 1.165) is 0 Å². The number of aryl methyl sites for hydroxylation is 1. The molecule has 13 heavy (non-hydrogen) atoms. The summed E-state index contributed by atoms with van der Waals surface area (Å²) in [4.78, 5) is 3.75. The molecule has 4 heteroatoms. The maximum Gasteiger partial charge on any atom is 0.265 e. The average Bonchev–Trinajstić information content (AvgIpc) is 2.04. The Balaban J connectivity index is 3.19. The third-order valence-electron chi connectivity index (χ3n) is 1.76. The molecule has 68 valence electrons. The van der Waals surface area contributed by atoms with Crippen LogP contribution in [0.1, 0.15) is 23.2 Å². The zero-order valence-electron chi connectivity index (χ0n) is 7.09. The van der Waals surface area contributed by atoms with E-state index in [2.05, 4.69) is 4.98 Å². The summed E-state index contributed by atoms with van der Waals surface area (Å²) in [5.74, 6) is 0. The van der Waals surface area contributed by atoms with Gasteiger partial charge in [-0.15, -0.1) is 0 Å². The van der Waals surface area contributed by atoms with Gasteiger partial charge in [0.25, 0.3) is 6.43 Å². The number of halogens is 2. The van der Waals surface area contributed by atoms with E-state index in [1.807, 2.05) is 6.07 Å². The number of alkyl halides is 2. The number of hydrogen-bond donors (Lipinski definition) is 0. The van der Waals surface area contributed by atoms with Crippen molar-refractivity contribution in [2.45, 2.75) is 19.8 Å². The van der Waals surface area contributed by atoms with Crippen LogP contribution in [0.2, 0.25) is 0 Å². The Morgan fingerprint density at radius 1 is 1.62 bits per heavy atom. The second kappa shape index (κ2) is 3.94. The van der Waals surface area contributed by atoms with Gasteiger partial charge in [0.2, 0.25) is 0 Å². The average molecular weight is 182 g/mol. The van der Waals surface area contributed by atoms with Crippen molar-refractivity contribution in [2.75, 3.05) is 0 Å². The van der Waals surface area contributed by atoms with E-state index in [1.54, 1.807) is 6.92 Å². The summed E-state index contributed by atoms with van der Waals surface area (Å²) in [7, 11) is 0. The molecule has 0 fully saturated rings. The molecule has 0 radical (unpaired) electrons. The van der Waals surface area contributed by atoms with E-state index in [4.69, 9.17) is 5.26 Å². The van der Waals surface area contributed by atoms with Gasteiger partial charge in [0, 0.05) is 11.8 Å². The van der Waals surface area contributed by atoms with E-state index in [0.29, 0.717) is 5.56 Å². The van der Waals surface area contributed by atoms with Gasteiger partial charge in [-0.25, -0.2) is 8.78 Å².